The van der Waals surface area contributed by atoms with Gasteiger partial charge >= 0.3 is 0 Å². The number of sulfonamides is 1. The predicted molar refractivity (Wildman–Crippen MR) is 110 cm³/mol. The van der Waals surface area contributed by atoms with E-state index < -0.39 is 10.0 Å². The van der Waals surface area contributed by atoms with Gasteiger partial charge in [0.15, 0.2) is 0 Å². The second-order valence-electron chi connectivity index (χ2n) is 6.48. The summed E-state index contributed by atoms with van der Waals surface area (Å²) in [6.45, 7) is 2.13. The summed E-state index contributed by atoms with van der Waals surface area (Å²) < 4.78 is 29.9. The van der Waals surface area contributed by atoms with Crippen molar-refractivity contribution in [3.8, 4) is 5.75 Å². The number of benzene rings is 2. The molecule has 144 valence electrons. The minimum absolute atomic E-state index is 0.158. The van der Waals surface area contributed by atoms with E-state index >= 15 is 0 Å². The molecule has 27 heavy (non-hydrogen) atoms. The van der Waals surface area contributed by atoms with Crippen LogP contribution in [-0.2, 0) is 16.4 Å². The molecule has 1 unspecified atom stereocenters. The number of aromatic nitrogens is 1. The van der Waals surface area contributed by atoms with Gasteiger partial charge in [0, 0.05) is 10.9 Å². The van der Waals surface area contributed by atoms with Gasteiger partial charge in [0.25, 0.3) is 0 Å². The lowest BCUT2D eigenvalue weighted by Crippen LogP contribution is -2.14. The van der Waals surface area contributed by atoms with Crippen LogP contribution < -0.4 is 9.88 Å². The summed E-state index contributed by atoms with van der Waals surface area (Å²) in [7, 11) is -2.21. The van der Waals surface area contributed by atoms with E-state index in [9.17, 15) is 8.42 Å². The zero-order valence-corrected chi connectivity index (χ0v) is 17.5. The van der Waals surface area contributed by atoms with Crippen molar-refractivity contribution in [2.45, 2.75) is 37.0 Å². The number of aryl methyl sites for hydroxylation is 1. The summed E-state index contributed by atoms with van der Waals surface area (Å²) in [6.07, 6.45) is 2.30. The Morgan fingerprint density at radius 2 is 2.04 bits per heavy atom. The van der Waals surface area contributed by atoms with Gasteiger partial charge in [-0.1, -0.05) is 18.5 Å². The Morgan fingerprint density at radius 1 is 1.26 bits per heavy atom. The van der Waals surface area contributed by atoms with E-state index in [1.807, 2.05) is 18.2 Å². The summed E-state index contributed by atoms with van der Waals surface area (Å²) in [5.74, 6) is 0.887. The number of hydrogen-bond acceptors (Lipinski definition) is 5. The summed E-state index contributed by atoms with van der Waals surface area (Å²) in [4.78, 5) is 4.85. The van der Waals surface area contributed by atoms with Gasteiger partial charge in [0.2, 0.25) is 10.0 Å². The average molecular weight is 425 g/mol. The fraction of sp³-hybridized carbons (Fsp3) is 0.316. The zero-order valence-electron chi connectivity index (χ0n) is 15.1. The third kappa shape index (κ3) is 4.79. The normalized spacial score (nSPS) is 13.0. The summed E-state index contributed by atoms with van der Waals surface area (Å²) in [6, 6.07) is 10.6. The molecule has 0 amide bonds. The van der Waals surface area contributed by atoms with Crippen molar-refractivity contribution in [3.05, 3.63) is 52.0 Å². The van der Waals surface area contributed by atoms with Gasteiger partial charge in [0.1, 0.15) is 5.75 Å². The molecule has 3 rings (SSSR count). The van der Waals surface area contributed by atoms with Crippen molar-refractivity contribution in [2.75, 3.05) is 7.11 Å². The van der Waals surface area contributed by atoms with E-state index in [4.69, 9.17) is 21.5 Å². The SMILES string of the molecule is COc1ccc(S(N)(=O)=O)c(CCCC(C)c2nc3ccc(Cl)cc3s2)c1. The number of methoxy groups -OCH3 is 1. The molecular formula is C19H21ClN2O3S2. The first kappa shape index (κ1) is 20.1. The topological polar surface area (TPSA) is 82.3 Å². The Morgan fingerprint density at radius 3 is 2.74 bits per heavy atom. The first-order chi connectivity index (χ1) is 12.8. The largest absolute Gasteiger partial charge is 0.497 e. The van der Waals surface area contributed by atoms with E-state index in [1.165, 1.54) is 6.07 Å². The monoisotopic (exact) mass is 424 g/mol. The number of primary sulfonamides is 1. The van der Waals surface area contributed by atoms with Gasteiger partial charge < -0.3 is 4.74 Å². The maximum atomic E-state index is 11.8. The number of ether oxygens (including phenoxy) is 1. The summed E-state index contributed by atoms with van der Waals surface area (Å²) in [5.41, 5.74) is 1.63. The minimum atomic E-state index is -3.76. The number of halogens is 1. The Kier molecular flexibility index (Phi) is 6.05. The standard InChI is InChI=1S/C19H21ClN2O3S2/c1-12(19-22-16-8-6-14(20)11-17(16)26-19)4-3-5-13-10-15(25-2)7-9-18(13)27(21,23)24/h6-12H,3-5H2,1-2H3,(H2,21,23,24). The molecule has 0 radical (unpaired) electrons. The molecule has 0 aliphatic rings. The Labute approximate surface area is 168 Å². The van der Waals surface area contributed by atoms with Crippen LogP contribution in [0.3, 0.4) is 0 Å². The molecule has 0 saturated carbocycles. The maximum Gasteiger partial charge on any atom is 0.238 e. The van der Waals surface area contributed by atoms with Crippen LogP contribution in [0.15, 0.2) is 41.3 Å². The highest BCUT2D eigenvalue weighted by atomic mass is 35.5. The first-order valence-corrected chi connectivity index (χ1v) is 11.3. The van der Waals surface area contributed by atoms with Crippen molar-refractivity contribution >= 4 is 43.2 Å². The number of hydrogen-bond donors (Lipinski definition) is 1. The van der Waals surface area contributed by atoms with Gasteiger partial charge in [-0.05, 0) is 61.2 Å². The fourth-order valence-electron chi connectivity index (χ4n) is 3.00. The van der Waals surface area contributed by atoms with Crippen molar-refractivity contribution in [1.82, 2.24) is 4.98 Å². The van der Waals surface area contributed by atoms with Crippen LogP contribution >= 0.6 is 22.9 Å². The molecule has 2 aromatic carbocycles. The molecule has 0 spiro atoms. The molecular weight excluding hydrogens is 404 g/mol. The van der Waals surface area contributed by atoms with Gasteiger partial charge in [-0.3, -0.25) is 0 Å². The van der Waals surface area contributed by atoms with Crippen LogP contribution in [0.4, 0.5) is 0 Å². The second-order valence-corrected chi connectivity index (χ2v) is 9.50. The Hall–Kier alpha value is -1.67. The molecule has 1 atom stereocenters. The average Bonchev–Trinajstić information content (AvgIpc) is 3.03. The van der Waals surface area contributed by atoms with Crippen molar-refractivity contribution < 1.29 is 13.2 Å². The fourth-order valence-corrected chi connectivity index (χ4v) is 5.12. The van der Waals surface area contributed by atoms with Crippen molar-refractivity contribution in [1.29, 1.82) is 0 Å². The zero-order chi connectivity index (χ0) is 19.6. The van der Waals surface area contributed by atoms with Crippen molar-refractivity contribution in [3.63, 3.8) is 0 Å². The molecule has 0 saturated heterocycles. The Balaban J connectivity index is 1.71. The third-order valence-corrected chi connectivity index (χ3v) is 6.94. The van der Waals surface area contributed by atoms with E-state index in [0.29, 0.717) is 22.8 Å². The van der Waals surface area contributed by atoms with Crippen LogP contribution in [0, 0.1) is 0 Å². The smallest absolute Gasteiger partial charge is 0.238 e. The summed E-state index contributed by atoms with van der Waals surface area (Å²) >= 11 is 7.69. The highest BCUT2D eigenvalue weighted by molar-refractivity contribution is 7.89. The van der Waals surface area contributed by atoms with Crippen LogP contribution in [0.2, 0.25) is 5.02 Å². The first-order valence-electron chi connectivity index (χ1n) is 8.53. The maximum absolute atomic E-state index is 11.8. The van der Waals surface area contributed by atoms with Gasteiger partial charge in [-0.15, -0.1) is 11.3 Å². The molecule has 0 aliphatic carbocycles. The predicted octanol–water partition coefficient (Wildman–Crippen LogP) is 4.73. The number of fused-ring (bicyclic) bond motifs is 1. The quantitative estimate of drug-likeness (QED) is 0.594. The molecule has 0 fully saturated rings. The van der Waals surface area contributed by atoms with E-state index in [0.717, 1.165) is 28.1 Å². The number of nitrogens with two attached hydrogens (primary N) is 1. The minimum Gasteiger partial charge on any atom is -0.497 e. The molecule has 1 aromatic heterocycles. The lowest BCUT2D eigenvalue weighted by atomic mass is 10.0. The highest BCUT2D eigenvalue weighted by Crippen LogP contribution is 2.32. The lowest BCUT2D eigenvalue weighted by molar-refractivity contribution is 0.413. The molecule has 0 bridgehead atoms. The molecule has 5 nitrogen and oxygen atoms in total. The van der Waals surface area contributed by atoms with E-state index in [-0.39, 0.29) is 10.8 Å². The highest BCUT2D eigenvalue weighted by Gasteiger charge is 2.16. The molecule has 2 N–H and O–H groups in total. The molecule has 8 heteroatoms. The number of nitrogens with zero attached hydrogens (tertiary/aromatic N) is 1. The molecule has 3 aromatic rings. The molecule has 0 aliphatic heterocycles. The Bertz CT molecular complexity index is 1060. The molecule has 1 heterocycles. The van der Waals surface area contributed by atoms with Gasteiger partial charge in [0.05, 0.1) is 27.2 Å². The van der Waals surface area contributed by atoms with Crippen LogP contribution in [-0.4, -0.2) is 20.5 Å². The van der Waals surface area contributed by atoms with Crippen LogP contribution in [0.1, 0.15) is 36.3 Å². The van der Waals surface area contributed by atoms with E-state index in [2.05, 4.69) is 11.9 Å². The lowest BCUT2D eigenvalue weighted by Gasteiger charge is -2.12. The number of rotatable bonds is 7. The summed E-state index contributed by atoms with van der Waals surface area (Å²) in [5, 5.41) is 7.11. The van der Waals surface area contributed by atoms with Crippen LogP contribution in [0.5, 0.6) is 5.75 Å². The number of thiazole rings is 1. The van der Waals surface area contributed by atoms with Gasteiger partial charge in [-0.25, -0.2) is 18.5 Å². The van der Waals surface area contributed by atoms with Crippen LogP contribution in [0.25, 0.3) is 10.2 Å². The van der Waals surface area contributed by atoms with E-state index in [1.54, 1.807) is 30.6 Å². The van der Waals surface area contributed by atoms with Crippen molar-refractivity contribution in [2.24, 2.45) is 5.14 Å². The second kappa shape index (κ2) is 8.14. The van der Waals surface area contributed by atoms with Gasteiger partial charge in [-0.2, -0.15) is 0 Å². The third-order valence-electron chi connectivity index (χ3n) is 4.45.